The maximum Gasteiger partial charge on any atom is 0.316 e. The van der Waals surface area contributed by atoms with Gasteiger partial charge in [0, 0.05) is 38.0 Å². The van der Waals surface area contributed by atoms with Crippen molar-refractivity contribution in [1.82, 2.24) is 0 Å². The van der Waals surface area contributed by atoms with E-state index in [0.717, 1.165) is 19.9 Å². The van der Waals surface area contributed by atoms with Crippen LogP contribution in [0.15, 0.2) is 24.3 Å². The lowest BCUT2D eigenvalue weighted by atomic mass is 9.96. The molecule has 0 aliphatic heterocycles. The monoisotopic (exact) mass is 429 g/mol. The highest BCUT2D eigenvalue weighted by atomic mass is 16.6. The van der Waals surface area contributed by atoms with Gasteiger partial charge in [-0.3, -0.25) is 34.6 Å². The quantitative estimate of drug-likeness (QED) is 0.466. The molecule has 2 aromatic carbocycles. The molecular weight excluding hydrogens is 410 g/mol. The van der Waals surface area contributed by atoms with Gasteiger partial charge in [0.15, 0.2) is 0 Å². The van der Waals surface area contributed by atoms with Gasteiger partial charge in [-0.2, -0.15) is 0 Å². The molecule has 0 saturated carbocycles. The fraction of sp³-hybridized carbons (Fsp3) is 0.211. The van der Waals surface area contributed by atoms with Crippen molar-refractivity contribution in [2.75, 3.05) is 16.0 Å². The highest BCUT2D eigenvalue weighted by Crippen LogP contribution is 2.47. The van der Waals surface area contributed by atoms with Crippen LogP contribution in [-0.4, -0.2) is 27.6 Å². The number of aryl methyl sites for hydroxylation is 1. The van der Waals surface area contributed by atoms with E-state index in [9.17, 15) is 34.6 Å². The standard InChI is InChI=1S/C19H19N5O7/c1-9-5-6-13(7-16(9)23(28)29)17-14(20-10(2)25)8-15(21-11(3)26)19(24(30)31)18(17)22-12(4)27/h5-8H,1-4H3,(H,20,25)(H,21,26)(H,22,27). The van der Waals surface area contributed by atoms with Gasteiger partial charge >= 0.3 is 5.69 Å². The van der Waals surface area contributed by atoms with Gasteiger partial charge in [-0.05, 0) is 18.6 Å². The maximum absolute atomic E-state index is 11.9. The first kappa shape index (κ1) is 22.9. The van der Waals surface area contributed by atoms with E-state index in [4.69, 9.17) is 0 Å². The van der Waals surface area contributed by atoms with Crippen LogP contribution in [0, 0.1) is 27.2 Å². The van der Waals surface area contributed by atoms with Gasteiger partial charge in [0.25, 0.3) is 5.69 Å². The molecule has 162 valence electrons. The van der Waals surface area contributed by atoms with Gasteiger partial charge in [0.05, 0.1) is 15.5 Å². The van der Waals surface area contributed by atoms with Crippen LogP contribution in [0.4, 0.5) is 28.4 Å². The summed E-state index contributed by atoms with van der Waals surface area (Å²) in [7, 11) is 0. The van der Waals surface area contributed by atoms with Crippen molar-refractivity contribution in [2.45, 2.75) is 27.7 Å². The Balaban J connectivity index is 3.03. The molecule has 0 unspecified atom stereocenters. The zero-order chi connectivity index (χ0) is 23.5. The number of carbonyl (C=O) groups is 3. The van der Waals surface area contributed by atoms with E-state index in [1.807, 2.05) is 0 Å². The summed E-state index contributed by atoms with van der Waals surface area (Å²) in [5.41, 5.74) is -1.02. The number of nitrogens with zero attached hydrogens (tertiary/aromatic N) is 2. The molecule has 0 spiro atoms. The molecule has 0 saturated heterocycles. The fourth-order valence-electron chi connectivity index (χ4n) is 2.99. The molecule has 0 aromatic heterocycles. The average molecular weight is 429 g/mol. The molecule has 0 radical (unpaired) electrons. The lowest BCUT2D eigenvalue weighted by molar-refractivity contribution is -0.385. The van der Waals surface area contributed by atoms with Crippen molar-refractivity contribution in [3.8, 4) is 11.1 Å². The molecular formula is C19H19N5O7. The van der Waals surface area contributed by atoms with E-state index >= 15 is 0 Å². The highest BCUT2D eigenvalue weighted by Gasteiger charge is 2.30. The predicted molar refractivity (Wildman–Crippen MR) is 113 cm³/mol. The molecule has 0 bridgehead atoms. The van der Waals surface area contributed by atoms with Crippen molar-refractivity contribution in [2.24, 2.45) is 0 Å². The van der Waals surface area contributed by atoms with Gasteiger partial charge in [-0.1, -0.05) is 12.1 Å². The molecule has 0 aliphatic rings. The van der Waals surface area contributed by atoms with Crippen LogP contribution in [0.1, 0.15) is 26.3 Å². The lowest BCUT2D eigenvalue weighted by Gasteiger charge is -2.19. The number of amides is 3. The number of anilines is 3. The third-order valence-corrected chi connectivity index (χ3v) is 4.10. The Hall–Kier alpha value is -4.35. The highest BCUT2D eigenvalue weighted by molar-refractivity contribution is 6.09. The molecule has 12 heteroatoms. The van der Waals surface area contributed by atoms with E-state index in [1.165, 1.54) is 32.0 Å². The molecule has 3 N–H and O–H groups in total. The van der Waals surface area contributed by atoms with Gasteiger partial charge in [0.2, 0.25) is 17.7 Å². The number of nitro benzene ring substituents is 2. The normalized spacial score (nSPS) is 10.2. The van der Waals surface area contributed by atoms with E-state index in [0.29, 0.717) is 5.56 Å². The molecule has 2 rings (SSSR count). The molecule has 0 aliphatic carbocycles. The number of benzene rings is 2. The Bertz CT molecular complexity index is 1130. The van der Waals surface area contributed by atoms with E-state index < -0.39 is 33.3 Å². The molecule has 2 aromatic rings. The molecule has 0 atom stereocenters. The van der Waals surface area contributed by atoms with E-state index in [1.54, 1.807) is 0 Å². The molecule has 0 fully saturated rings. The van der Waals surface area contributed by atoms with E-state index in [-0.39, 0.29) is 33.9 Å². The van der Waals surface area contributed by atoms with Crippen LogP contribution in [0.25, 0.3) is 11.1 Å². The Morgan fingerprint density at radius 3 is 1.84 bits per heavy atom. The van der Waals surface area contributed by atoms with Crippen LogP contribution >= 0.6 is 0 Å². The number of rotatable bonds is 6. The SMILES string of the molecule is CC(=O)Nc1cc(NC(C)=O)c([N+](=O)[O-])c(NC(C)=O)c1-c1ccc(C)c([N+](=O)[O-])c1. The second-order valence-electron chi connectivity index (χ2n) is 6.63. The third kappa shape index (κ3) is 5.18. The first-order valence-corrected chi connectivity index (χ1v) is 8.86. The van der Waals surface area contributed by atoms with Gasteiger partial charge in [0.1, 0.15) is 11.4 Å². The topological polar surface area (TPSA) is 174 Å². The molecule has 3 amide bonds. The second kappa shape index (κ2) is 8.98. The van der Waals surface area contributed by atoms with Gasteiger partial charge in [-0.15, -0.1) is 0 Å². The van der Waals surface area contributed by atoms with Crippen LogP contribution < -0.4 is 16.0 Å². The molecule has 12 nitrogen and oxygen atoms in total. The minimum Gasteiger partial charge on any atom is -0.326 e. The largest absolute Gasteiger partial charge is 0.326 e. The number of carbonyl (C=O) groups excluding carboxylic acids is 3. The molecule has 31 heavy (non-hydrogen) atoms. The minimum absolute atomic E-state index is 0.00347. The maximum atomic E-state index is 11.9. The number of nitrogens with one attached hydrogen (secondary N) is 3. The average Bonchev–Trinajstić information content (AvgIpc) is 2.60. The second-order valence-corrected chi connectivity index (χ2v) is 6.63. The van der Waals surface area contributed by atoms with Crippen molar-refractivity contribution in [1.29, 1.82) is 0 Å². The summed E-state index contributed by atoms with van der Waals surface area (Å²) in [4.78, 5) is 57.0. The Kier molecular flexibility index (Phi) is 6.65. The lowest BCUT2D eigenvalue weighted by Crippen LogP contribution is -2.16. The smallest absolute Gasteiger partial charge is 0.316 e. The molecule has 0 heterocycles. The summed E-state index contributed by atoms with van der Waals surface area (Å²) in [6.45, 7) is 4.97. The third-order valence-electron chi connectivity index (χ3n) is 4.10. The van der Waals surface area contributed by atoms with Crippen LogP contribution in [0.5, 0.6) is 0 Å². The summed E-state index contributed by atoms with van der Waals surface area (Å²) in [6, 6.07) is 5.25. The van der Waals surface area contributed by atoms with Crippen molar-refractivity contribution >= 4 is 46.2 Å². The predicted octanol–water partition coefficient (Wildman–Crippen LogP) is 3.35. The Morgan fingerprint density at radius 2 is 1.35 bits per heavy atom. The van der Waals surface area contributed by atoms with Crippen LogP contribution in [0.2, 0.25) is 0 Å². The summed E-state index contributed by atoms with van der Waals surface area (Å²) in [6.07, 6.45) is 0. The van der Waals surface area contributed by atoms with Crippen LogP contribution in [0.3, 0.4) is 0 Å². The Morgan fingerprint density at radius 1 is 0.806 bits per heavy atom. The van der Waals surface area contributed by atoms with Crippen molar-refractivity contribution in [3.63, 3.8) is 0 Å². The number of hydrogen-bond donors (Lipinski definition) is 3. The summed E-state index contributed by atoms with van der Waals surface area (Å²) in [5.74, 6) is -1.83. The van der Waals surface area contributed by atoms with Gasteiger partial charge < -0.3 is 16.0 Å². The van der Waals surface area contributed by atoms with Crippen LogP contribution in [-0.2, 0) is 14.4 Å². The van der Waals surface area contributed by atoms with Gasteiger partial charge in [-0.25, -0.2) is 0 Å². The fourth-order valence-corrected chi connectivity index (χ4v) is 2.99. The number of nitro groups is 2. The first-order chi connectivity index (χ1) is 14.4. The van der Waals surface area contributed by atoms with Crippen molar-refractivity contribution < 1.29 is 24.2 Å². The van der Waals surface area contributed by atoms with Crippen molar-refractivity contribution in [3.05, 3.63) is 50.1 Å². The summed E-state index contributed by atoms with van der Waals surface area (Å²) in [5, 5.41) is 30.4. The summed E-state index contributed by atoms with van der Waals surface area (Å²) < 4.78 is 0. The first-order valence-electron chi connectivity index (χ1n) is 8.86. The number of hydrogen-bond acceptors (Lipinski definition) is 7. The Labute approximate surface area is 175 Å². The summed E-state index contributed by atoms with van der Waals surface area (Å²) >= 11 is 0. The zero-order valence-corrected chi connectivity index (χ0v) is 17.1. The van der Waals surface area contributed by atoms with E-state index in [2.05, 4.69) is 16.0 Å². The minimum atomic E-state index is -0.805. The zero-order valence-electron chi connectivity index (χ0n) is 17.1.